The van der Waals surface area contributed by atoms with Gasteiger partial charge in [-0.25, -0.2) is 0 Å². The average Bonchev–Trinajstić information content (AvgIpc) is 2.34. The Balaban J connectivity index is 0.000000181. The molecule has 2 aromatic carbocycles. The van der Waals surface area contributed by atoms with Crippen LogP contribution in [0.15, 0.2) is 54.6 Å². The molecule has 0 saturated heterocycles. The van der Waals surface area contributed by atoms with Gasteiger partial charge < -0.3 is 5.73 Å². The number of nitrogens with two attached hydrogens (primary N) is 1. The van der Waals surface area contributed by atoms with E-state index >= 15 is 0 Å². The highest BCUT2D eigenvalue weighted by Crippen LogP contribution is 2.06. The molecule has 0 aliphatic carbocycles. The Kier molecular flexibility index (Phi) is 5.87. The van der Waals surface area contributed by atoms with Crippen LogP contribution in [0, 0.1) is 6.92 Å². The van der Waals surface area contributed by atoms with Gasteiger partial charge in [0.2, 0.25) is 0 Å². The SMILES string of the molecule is CCCc1ccc(N)cc1.Cc1ccccc1. The van der Waals surface area contributed by atoms with Gasteiger partial charge in [-0.1, -0.05) is 61.4 Å². The van der Waals surface area contributed by atoms with Crippen molar-refractivity contribution in [3.8, 4) is 0 Å². The van der Waals surface area contributed by atoms with E-state index in [-0.39, 0.29) is 0 Å². The summed E-state index contributed by atoms with van der Waals surface area (Å²) < 4.78 is 0. The largest absolute Gasteiger partial charge is 0.399 e. The first-order chi connectivity index (χ1) is 8.22. The molecule has 17 heavy (non-hydrogen) atoms. The van der Waals surface area contributed by atoms with E-state index in [1.54, 1.807) is 0 Å². The predicted octanol–water partition coefficient (Wildman–Crippen LogP) is 4.22. The summed E-state index contributed by atoms with van der Waals surface area (Å²) in [6, 6.07) is 18.3. The van der Waals surface area contributed by atoms with Gasteiger partial charge in [0, 0.05) is 5.69 Å². The molecule has 0 spiro atoms. The maximum Gasteiger partial charge on any atom is 0.0314 e. The van der Waals surface area contributed by atoms with Crippen molar-refractivity contribution in [1.29, 1.82) is 0 Å². The predicted molar refractivity (Wildman–Crippen MR) is 76.0 cm³/mol. The Morgan fingerprint density at radius 2 is 1.47 bits per heavy atom. The van der Waals surface area contributed by atoms with Crippen LogP contribution in [0.4, 0.5) is 5.69 Å². The monoisotopic (exact) mass is 227 g/mol. The molecule has 2 aromatic rings. The first kappa shape index (κ1) is 13.3. The first-order valence-electron chi connectivity index (χ1n) is 6.08. The van der Waals surface area contributed by atoms with E-state index < -0.39 is 0 Å². The Morgan fingerprint density at radius 1 is 0.882 bits per heavy atom. The summed E-state index contributed by atoms with van der Waals surface area (Å²) in [5.74, 6) is 0. The zero-order valence-corrected chi connectivity index (χ0v) is 10.7. The molecule has 0 heterocycles. The summed E-state index contributed by atoms with van der Waals surface area (Å²) in [5, 5.41) is 0. The van der Waals surface area contributed by atoms with Crippen LogP contribution in [-0.4, -0.2) is 0 Å². The molecule has 0 bridgehead atoms. The molecule has 0 aliphatic heterocycles. The van der Waals surface area contributed by atoms with E-state index in [4.69, 9.17) is 5.73 Å². The summed E-state index contributed by atoms with van der Waals surface area (Å²) in [6.07, 6.45) is 2.35. The summed E-state index contributed by atoms with van der Waals surface area (Å²) >= 11 is 0. The van der Waals surface area contributed by atoms with Crippen molar-refractivity contribution in [3.63, 3.8) is 0 Å². The van der Waals surface area contributed by atoms with Gasteiger partial charge in [0.1, 0.15) is 0 Å². The second-order valence-electron chi connectivity index (χ2n) is 4.15. The van der Waals surface area contributed by atoms with Gasteiger partial charge in [0.05, 0.1) is 0 Å². The Labute approximate surface area is 104 Å². The Hall–Kier alpha value is -1.76. The standard InChI is InChI=1S/C9H13N.C7H8/c1-2-3-8-4-6-9(10)7-5-8;1-7-5-3-2-4-6-7/h4-7H,2-3,10H2,1H3;2-6H,1H3. The second kappa shape index (κ2) is 7.50. The van der Waals surface area contributed by atoms with Crippen LogP contribution in [0.3, 0.4) is 0 Å². The van der Waals surface area contributed by atoms with Crippen molar-refractivity contribution in [2.45, 2.75) is 26.7 Å². The molecule has 2 rings (SSSR count). The van der Waals surface area contributed by atoms with Crippen LogP contribution in [-0.2, 0) is 6.42 Å². The lowest BCUT2D eigenvalue weighted by Crippen LogP contribution is -1.86. The molecule has 0 aromatic heterocycles. The lowest BCUT2D eigenvalue weighted by Gasteiger charge is -1.97. The molecule has 2 N–H and O–H groups in total. The molecule has 1 heteroatoms. The number of nitrogen functional groups attached to an aromatic ring is 1. The molecule has 0 fully saturated rings. The van der Waals surface area contributed by atoms with Gasteiger partial charge in [-0.2, -0.15) is 0 Å². The molecular formula is C16H21N. The minimum Gasteiger partial charge on any atom is -0.399 e. The summed E-state index contributed by atoms with van der Waals surface area (Å²) in [6.45, 7) is 4.26. The molecule has 0 radical (unpaired) electrons. The van der Waals surface area contributed by atoms with E-state index in [1.165, 1.54) is 17.5 Å². The molecular weight excluding hydrogens is 206 g/mol. The number of anilines is 1. The number of rotatable bonds is 2. The number of benzene rings is 2. The highest BCUT2D eigenvalue weighted by Gasteiger charge is 1.88. The quantitative estimate of drug-likeness (QED) is 0.764. The Morgan fingerprint density at radius 3 is 1.88 bits per heavy atom. The van der Waals surface area contributed by atoms with Crippen LogP contribution >= 0.6 is 0 Å². The third-order valence-corrected chi connectivity index (χ3v) is 2.46. The van der Waals surface area contributed by atoms with E-state index in [2.05, 4.69) is 38.1 Å². The fourth-order valence-electron chi connectivity index (χ4n) is 1.51. The van der Waals surface area contributed by atoms with Crippen LogP contribution in [0.5, 0.6) is 0 Å². The van der Waals surface area contributed by atoms with Crippen molar-refractivity contribution in [2.24, 2.45) is 0 Å². The van der Waals surface area contributed by atoms with Crippen LogP contribution in [0.2, 0.25) is 0 Å². The zero-order valence-electron chi connectivity index (χ0n) is 10.7. The van der Waals surface area contributed by atoms with E-state index in [0.717, 1.165) is 12.1 Å². The van der Waals surface area contributed by atoms with Crippen molar-refractivity contribution in [1.82, 2.24) is 0 Å². The summed E-state index contributed by atoms with van der Waals surface area (Å²) in [4.78, 5) is 0. The topological polar surface area (TPSA) is 26.0 Å². The van der Waals surface area contributed by atoms with Crippen molar-refractivity contribution in [3.05, 3.63) is 65.7 Å². The lowest BCUT2D eigenvalue weighted by atomic mass is 10.1. The number of hydrogen-bond donors (Lipinski definition) is 1. The van der Waals surface area contributed by atoms with Crippen molar-refractivity contribution in [2.75, 3.05) is 5.73 Å². The fraction of sp³-hybridized carbons (Fsp3) is 0.250. The fourth-order valence-corrected chi connectivity index (χ4v) is 1.51. The smallest absolute Gasteiger partial charge is 0.0314 e. The summed E-state index contributed by atoms with van der Waals surface area (Å²) in [5.41, 5.74) is 9.06. The normalized spacial score (nSPS) is 9.29. The molecule has 90 valence electrons. The average molecular weight is 227 g/mol. The molecule has 0 saturated carbocycles. The molecule has 0 aliphatic rings. The van der Waals surface area contributed by atoms with Crippen LogP contribution < -0.4 is 5.73 Å². The van der Waals surface area contributed by atoms with Crippen LogP contribution in [0.1, 0.15) is 24.5 Å². The van der Waals surface area contributed by atoms with Gasteiger partial charge in [-0.3, -0.25) is 0 Å². The first-order valence-corrected chi connectivity index (χ1v) is 6.08. The third kappa shape index (κ3) is 5.76. The van der Waals surface area contributed by atoms with Gasteiger partial charge >= 0.3 is 0 Å². The zero-order chi connectivity index (χ0) is 12.5. The molecule has 0 atom stereocenters. The van der Waals surface area contributed by atoms with Gasteiger partial charge in [0.25, 0.3) is 0 Å². The van der Waals surface area contributed by atoms with E-state index in [0.29, 0.717) is 0 Å². The number of aryl methyl sites for hydroxylation is 2. The second-order valence-corrected chi connectivity index (χ2v) is 4.15. The van der Waals surface area contributed by atoms with Gasteiger partial charge in [-0.15, -0.1) is 0 Å². The third-order valence-electron chi connectivity index (χ3n) is 2.46. The minimum absolute atomic E-state index is 0.847. The van der Waals surface area contributed by atoms with Gasteiger partial charge in [-0.05, 0) is 31.0 Å². The Bertz CT molecular complexity index is 403. The van der Waals surface area contributed by atoms with Crippen LogP contribution in [0.25, 0.3) is 0 Å². The highest BCUT2D eigenvalue weighted by molar-refractivity contribution is 5.39. The highest BCUT2D eigenvalue weighted by atomic mass is 14.5. The number of hydrogen-bond acceptors (Lipinski definition) is 1. The lowest BCUT2D eigenvalue weighted by molar-refractivity contribution is 0.922. The van der Waals surface area contributed by atoms with Crippen molar-refractivity contribution >= 4 is 5.69 Å². The summed E-state index contributed by atoms with van der Waals surface area (Å²) in [7, 11) is 0. The van der Waals surface area contributed by atoms with Crippen molar-refractivity contribution < 1.29 is 0 Å². The molecule has 1 nitrogen and oxygen atoms in total. The van der Waals surface area contributed by atoms with Gasteiger partial charge in [0.15, 0.2) is 0 Å². The maximum atomic E-state index is 5.52. The minimum atomic E-state index is 0.847. The molecule has 0 amide bonds. The van der Waals surface area contributed by atoms with E-state index in [1.807, 2.05) is 30.3 Å². The molecule has 0 unspecified atom stereocenters. The van der Waals surface area contributed by atoms with E-state index in [9.17, 15) is 0 Å². The maximum absolute atomic E-state index is 5.52.